The zero-order valence-corrected chi connectivity index (χ0v) is 11.1. The average Bonchev–Trinajstić information content (AvgIpc) is 2.99. The van der Waals surface area contributed by atoms with E-state index in [4.69, 9.17) is 0 Å². The normalized spacial score (nSPS) is 11.2. The van der Waals surface area contributed by atoms with Crippen molar-refractivity contribution in [1.82, 2.24) is 15.3 Å². The molecule has 2 heterocycles. The molecule has 3 rings (SSSR count). The molecule has 92 valence electrons. The predicted molar refractivity (Wildman–Crippen MR) is 75.7 cm³/mol. The lowest BCUT2D eigenvalue weighted by molar-refractivity contribution is 0.699. The molecule has 0 aliphatic heterocycles. The summed E-state index contributed by atoms with van der Waals surface area (Å²) in [5, 5.41) is 4.74. The summed E-state index contributed by atoms with van der Waals surface area (Å²) in [6.07, 6.45) is 1.99. The predicted octanol–water partition coefficient (Wildman–Crippen LogP) is 3.22. The van der Waals surface area contributed by atoms with Gasteiger partial charge in [-0.05, 0) is 23.9 Å². The Morgan fingerprint density at radius 2 is 2.22 bits per heavy atom. The standard InChI is InChI=1S/C14H15N3S/c1-10-13(18-9-17-10)8-15-7-12-4-2-3-11-5-6-16-14(11)12/h2-6,9,15-16H,7-8H2,1H3. The van der Waals surface area contributed by atoms with Gasteiger partial charge in [0.2, 0.25) is 0 Å². The SMILES string of the molecule is Cc1ncsc1CNCc1cccc2cc[nH]c12. The molecule has 0 bridgehead atoms. The summed E-state index contributed by atoms with van der Waals surface area (Å²) in [6.45, 7) is 3.81. The highest BCUT2D eigenvalue weighted by molar-refractivity contribution is 7.09. The molecule has 0 saturated heterocycles. The summed E-state index contributed by atoms with van der Waals surface area (Å²) < 4.78 is 0. The largest absolute Gasteiger partial charge is 0.361 e. The Hall–Kier alpha value is -1.65. The van der Waals surface area contributed by atoms with Crippen LogP contribution < -0.4 is 5.32 Å². The van der Waals surface area contributed by atoms with E-state index in [-0.39, 0.29) is 0 Å². The maximum absolute atomic E-state index is 4.26. The third-order valence-electron chi connectivity index (χ3n) is 3.12. The van der Waals surface area contributed by atoms with Gasteiger partial charge in [-0.1, -0.05) is 18.2 Å². The van der Waals surface area contributed by atoms with Crippen molar-refractivity contribution in [3.05, 3.63) is 52.1 Å². The van der Waals surface area contributed by atoms with Gasteiger partial charge in [-0.2, -0.15) is 0 Å². The molecule has 0 fully saturated rings. The van der Waals surface area contributed by atoms with Crippen LogP contribution >= 0.6 is 11.3 Å². The Morgan fingerprint density at radius 1 is 1.28 bits per heavy atom. The molecule has 1 aromatic carbocycles. The minimum absolute atomic E-state index is 0.870. The van der Waals surface area contributed by atoms with Crippen LogP contribution in [0.4, 0.5) is 0 Å². The first-order chi connectivity index (χ1) is 8.84. The van der Waals surface area contributed by atoms with Gasteiger partial charge in [0.15, 0.2) is 0 Å². The first kappa shape index (κ1) is 11.4. The van der Waals surface area contributed by atoms with Crippen LogP contribution in [0.2, 0.25) is 0 Å². The van der Waals surface area contributed by atoms with Crippen molar-refractivity contribution in [1.29, 1.82) is 0 Å². The lowest BCUT2D eigenvalue weighted by Gasteiger charge is -2.05. The summed E-state index contributed by atoms with van der Waals surface area (Å²) >= 11 is 1.71. The monoisotopic (exact) mass is 257 g/mol. The maximum Gasteiger partial charge on any atom is 0.0798 e. The summed E-state index contributed by atoms with van der Waals surface area (Å²) in [5.41, 5.74) is 5.56. The van der Waals surface area contributed by atoms with E-state index in [9.17, 15) is 0 Å². The molecule has 0 saturated carbocycles. The number of rotatable bonds is 4. The van der Waals surface area contributed by atoms with Gasteiger partial charge in [0.1, 0.15) is 0 Å². The van der Waals surface area contributed by atoms with Crippen molar-refractivity contribution < 1.29 is 0 Å². The number of hydrogen-bond acceptors (Lipinski definition) is 3. The van der Waals surface area contributed by atoms with Crippen LogP contribution in [-0.4, -0.2) is 9.97 Å². The lowest BCUT2D eigenvalue weighted by atomic mass is 10.1. The van der Waals surface area contributed by atoms with Gasteiger partial charge in [-0.25, -0.2) is 4.98 Å². The Bertz CT molecular complexity index is 654. The topological polar surface area (TPSA) is 40.7 Å². The summed E-state index contributed by atoms with van der Waals surface area (Å²) in [6, 6.07) is 8.49. The second-order valence-corrected chi connectivity index (χ2v) is 5.26. The number of thiazole rings is 1. The number of para-hydroxylation sites is 1. The van der Waals surface area contributed by atoms with Gasteiger partial charge >= 0.3 is 0 Å². The minimum Gasteiger partial charge on any atom is -0.361 e. The first-order valence-electron chi connectivity index (χ1n) is 5.99. The molecule has 0 aliphatic carbocycles. The molecule has 3 nitrogen and oxygen atoms in total. The number of benzene rings is 1. The highest BCUT2D eigenvalue weighted by Gasteiger charge is 2.03. The van der Waals surface area contributed by atoms with Crippen molar-refractivity contribution in [3.63, 3.8) is 0 Å². The van der Waals surface area contributed by atoms with E-state index in [1.165, 1.54) is 21.3 Å². The second-order valence-electron chi connectivity index (χ2n) is 4.32. The van der Waals surface area contributed by atoms with Crippen LogP contribution in [0.3, 0.4) is 0 Å². The number of aromatic nitrogens is 2. The van der Waals surface area contributed by atoms with Crippen molar-refractivity contribution in [2.45, 2.75) is 20.0 Å². The maximum atomic E-state index is 4.26. The summed E-state index contributed by atoms with van der Waals surface area (Å²) in [5.74, 6) is 0. The number of aryl methyl sites for hydroxylation is 1. The Labute approximate surface area is 110 Å². The summed E-state index contributed by atoms with van der Waals surface area (Å²) in [4.78, 5) is 8.86. The van der Waals surface area contributed by atoms with Gasteiger partial charge in [0.05, 0.1) is 11.2 Å². The van der Waals surface area contributed by atoms with Gasteiger partial charge in [-0.15, -0.1) is 11.3 Å². The van der Waals surface area contributed by atoms with Crippen molar-refractivity contribution >= 4 is 22.2 Å². The highest BCUT2D eigenvalue weighted by Crippen LogP contribution is 2.17. The van der Waals surface area contributed by atoms with Gasteiger partial charge in [0.25, 0.3) is 0 Å². The van der Waals surface area contributed by atoms with Crippen LogP contribution in [0, 0.1) is 6.92 Å². The second kappa shape index (κ2) is 4.92. The van der Waals surface area contributed by atoms with Crippen molar-refractivity contribution in [2.24, 2.45) is 0 Å². The number of aromatic amines is 1. The molecule has 3 aromatic rings. The molecule has 0 radical (unpaired) electrons. The Morgan fingerprint density at radius 3 is 3.06 bits per heavy atom. The quantitative estimate of drug-likeness (QED) is 0.753. The smallest absolute Gasteiger partial charge is 0.0798 e. The summed E-state index contributed by atoms with van der Waals surface area (Å²) in [7, 11) is 0. The van der Waals surface area contributed by atoms with E-state index < -0.39 is 0 Å². The average molecular weight is 257 g/mol. The Kier molecular flexibility index (Phi) is 3.13. The number of fused-ring (bicyclic) bond motifs is 1. The zero-order chi connectivity index (χ0) is 12.4. The van der Waals surface area contributed by atoms with Crippen LogP contribution in [-0.2, 0) is 13.1 Å². The van der Waals surface area contributed by atoms with Crippen LogP contribution in [0.5, 0.6) is 0 Å². The number of nitrogens with zero attached hydrogens (tertiary/aromatic N) is 1. The van der Waals surface area contributed by atoms with Gasteiger partial charge in [0, 0.05) is 29.7 Å². The molecule has 0 unspecified atom stereocenters. The fourth-order valence-electron chi connectivity index (χ4n) is 2.10. The fraction of sp³-hybridized carbons (Fsp3) is 0.214. The fourth-order valence-corrected chi connectivity index (χ4v) is 2.85. The van der Waals surface area contributed by atoms with E-state index in [0.717, 1.165) is 18.8 Å². The molecule has 0 amide bonds. The molecule has 0 spiro atoms. The molecule has 18 heavy (non-hydrogen) atoms. The third kappa shape index (κ3) is 2.17. The molecular formula is C14H15N3S. The minimum atomic E-state index is 0.870. The molecule has 4 heteroatoms. The lowest BCUT2D eigenvalue weighted by Crippen LogP contribution is -2.12. The first-order valence-corrected chi connectivity index (χ1v) is 6.87. The Balaban J connectivity index is 1.70. The van der Waals surface area contributed by atoms with Crippen LogP contribution in [0.25, 0.3) is 10.9 Å². The van der Waals surface area contributed by atoms with Gasteiger partial charge in [-0.3, -0.25) is 0 Å². The highest BCUT2D eigenvalue weighted by atomic mass is 32.1. The van der Waals surface area contributed by atoms with Crippen LogP contribution in [0.15, 0.2) is 36.0 Å². The van der Waals surface area contributed by atoms with Gasteiger partial charge < -0.3 is 10.3 Å². The van der Waals surface area contributed by atoms with E-state index in [2.05, 4.69) is 46.5 Å². The number of nitrogens with one attached hydrogen (secondary N) is 2. The third-order valence-corrected chi connectivity index (χ3v) is 4.05. The molecule has 0 atom stereocenters. The van der Waals surface area contributed by atoms with E-state index in [0.29, 0.717) is 0 Å². The molecule has 2 aromatic heterocycles. The number of hydrogen-bond donors (Lipinski definition) is 2. The molecule has 2 N–H and O–H groups in total. The zero-order valence-electron chi connectivity index (χ0n) is 10.2. The van der Waals surface area contributed by atoms with E-state index in [1.807, 2.05) is 11.7 Å². The molecular weight excluding hydrogens is 242 g/mol. The van der Waals surface area contributed by atoms with Crippen molar-refractivity contribution in [3.8, 4) is 0 Å². The van der Waals surface area contributed by atoms with Crippen LogP contribution in [0.1, 0.15) is 16.1 Å². The van der Waals surface area contributed by atoms with Crippen molar-refractivity contribution in [2.75, 3.05) is 0 Å². The van der Waals surface area contributed by atoms with E-state index in [1.54, 1.807) is 11.3 Å². The van der Waals surface area contributed by atoms with E-state index >= 15 is 0 Å². The number of H-pyrrole nitrogens is 1. The molecule has 0 aliphatic rings.